The van der Waals surface area contributed by atoms with Gasteiger partial charge in [0.25, 0.3) is 0 Å². The van der Waals surface area contributed by atoms with Gasteiger partial charge < -0.3 is 15.7 Å². The lowest BCUT2D eigenvalue weighted by Gasteiger charge is -2.27. The number of aliphatic hydroxyl groups excluding tert-OH is 1. The quantitative estimate of drug-likeness (QED) is 0.423. The highest BCUT2D eigenvalue weighted by molar-refractivity contribution is 4.79. The minimum absolute atomic E-state index is 0.236. The Bertz CT molecular complexity index is 79.1. The molecule has 0 aromatic rings. The number of nitrogens with one attached hydrogen (secondary N) is 2. The van der Waals surface area contributed by atoms with Crippen LogP contribution in [0.3, 0.4) is 0 Å². The van der Waals surface area contributed by atoms with Gasteiger partial charge in [-0.05, 0) is 6.92 Å². The number of hydrogen-bond donors (Lipinski definition) is 3. The summed E-state index contributed by atoms with van der Waals surface area (Å²) in [6.45, 7) is 4.21. The Morgan fingerprint density at radius 3 is 2.67 bits per heavy atom. The highest BCUT2D eigenvalue weighted by atomic mass is 16.3. The number of hydrogen-bond acceptors (Lipinski definition) is 3. The molecule has 3 N–H and O–H groups in total. The van der Waals surface area contributed by atoms with Crippen molar-refractivity contribution in [3.05, 3.63) is 0 Å². The Morgan fingerprint density at radius 1 is 1.44 bits per heavy atom. The zero-order valence-electron chi connectivity index (χ0n) is 5.72. The van der Waals surface area contributed by atoms with Crippen molar-refractivity contribution in [2.45, 2.75) is 19.0 Å². The molecule has 0 aromatic carbocycles. The van der Waals surface area contributed by atoms with Gasteiger partial charge in [0.1, 0.15) is 0 Å². The van der Waals surface area contributed by atoms with E-state index in [-0.39, 0.29) is 12.6 Å². The zero-order valence-corrected chi connectivity index (χ0v) is 5.72. The smallest absolute Gasteiger partial charge is 0.0597 e. The summed E-state index contributed by atoms with van der Waals surface area (Å²) in [7, 11) is 0. The molecule has 1 rings (SSSR count). The molecule has 1 saturated heterocycles. The molecule has 1 aliphatic rings. The lowest BCUT2D eigenvalue weighted by atomic mass is 10.2. The standard InChI is InChI=1S/C6H14N2O/c1-5-2-8-6(4-9)3-7-5/h5-9H,2-4H2,1H3/t5-,6?/m0/s1. The third-order valence-electron chi connectivity index (χ3n) is 1.65. The second kappa shape index (κ2) is 3.15. The van der Waals surface area contributed by atoms with Crippen LogP contribution in [-0.2, 0) is 0 Å². The van der Waals surface area contributed by atoms with Crippen molar-refractivity contribution in [3.8, 4) is 0 Å². The summed E-state index contributed by atoms with van der Waals surface area (Å²) in [5.41, 5.74) is 0. The maximum absolute atomic E-state index is 8.67. The van der Waals surface area contributed by atoms with Crippen LogP contribution < -0.4 is 10.6 Å². The number of rotatable bonds is 1. The normalized spacial score (nSPS) is 36.7. The second-order valence-corrected chi connectivity index (χ2v) is 2.60. The average molecular weight is 130 g/mol. The van der Waals surface area contributed by atoms with Gasteiger partial charge in [0.05, 0.1) is 6.61 Å². The van der Waals surface area contributed by atoms with Crippen molar-refractivity contribution < 1.29 is 5.11 Å². The van der Waals surface area contributed by atoms with Crippen molar-refractivity contribution in [3.63, 3.8) is 0 Å². The Morgan fingerprint density at radius 2 is 2.22 bits per heavy atom. The summed E-state index contributed by atoms with van der Waals surface area (Å²) in [5, 5.41) is 15.1. The number of piperazine rings is 1. The molecule has 0 radical (unpaired) electrons. The van der Waals surface area contributed by atoms with Crippen molar-refractivity contribution >= 4 is 0 Å². The van der Waals surface area contributed by atoms with Gasteiger partial charge in [-0.2, -0.15) is 0 Å². The Hall–Kier alpha value is -0.120. The maximum Gasteiger partial charge on any atom is 0.0597 e. The molecule has 0 amide bonds. The molecular weight excluding hydrogens is 116 g/mol. The molecule has 2 atom stereocenters. The molecule has 1 fully saturated rings. The molecule has 1 heterocycles. The van der Waals surface area contributed by atoms with Gasteiger partial charge in [-0.3, -0.25) is 0 Å². The zero-order chi connectivity index (χ0) is 6.69. The summed E-state index contributed by atoms with van der Waals surface area (Å²) in [4.78, 5) is 0. The van der Waals surface area contributed by atoms with Crippen molar-refractivity contribution in [2.75, 3.05) is 19.7 Å². The first kappa shape index (κ1) is 6.99. The van der Waals surface area contributed by atoms with E-state index in [0.717, 1.165) is 13.1 Å². The topological polar surface area (TPSA) is 44.3 Å². The van der Waals surface area contributed by atoms with Crippen LogP contribution in [0, 0.1) is 0 Å². The molecule has 3 heteroatoms. The van der Waals surface area contributed by atoms with E-state index in [2.05, 4.69) is 17.6 Å². The molecular formula is C6H14N2O. The second-order valence-electron chi connectivity index (χ2n) is 2.60. The third-order valence-corrected chi connectivity index (χ3v) is 1.65. The Balaban J connectivity index is 2.18. The largest absolute Gasteiger partial charge is 0.395 e. The van der Waals surface area contributed by atoms with Crippen LogP contribution in [-0.4, -0.2) is 36.9 Å². The van der Waals surface area contributed by atoms with E-state index >= 15 is 0 Å². The van der Waals surface area contributed by atoms with E-state index in [4.69, 9.17) is 5.11 Å². The summed E-state index contributed by atoms with van der Waals surface area (Å²) in [6, 6.07) is 0.814. The Kier molecular flexibility index (Phi) is 2.45. The van der Waals surface area contributed by atoms with Crippen molar-refractivity contribution in [2.24, 2.45) is 0 Å². The van der Waals surface area contributed by atoms with Crippen LogP contribution >= 0.6 is 0 Å². The summed E-state index contributed by atoms with van der Waals surface area (Å²) in [5.74, 6) is 0. The van der Waals surface area contributed by atoms with E-state index in [1.807, 2.05) is 0 Å². The fraction of sp³-hybridized carbons (Fsp3) is 1.00. The average Bonchev–Trinajstić information content (AvgIpc) is 1.90. The van der Waals surface area contributed by atoms with Gasteiger partial charge in [0, 0.05) is 25.2 Å². The van der Waals surface area contributed by atoms with E-state index in [1.54, 1.807) is 0 Å². The highest BCUT2D eigenvalue weighted by Crippen LogP contribution is 1.90. The third kappa shape index (κ3) is 1.93. The minimum Gasteiger partial charge on any atom is -0.395 e. The molecule has 1 aliphatic heterocycles. The fourth-order valence-corrected chi connectivity index (χ4v) is 0.960. The van der Waals surface area contributed by atoms with Crippen LogP contribution in [0.4, 0.5) is 0 Å². The van der Waals surface area contributed by atoms with Gasteiger partial charge in [-0.1, -0.05) is 0 Å². The molecule has 54 valence electrons. The van der Waals surface area contributed by atoms with E-state index in [9.17, 15) is 0 Å². The van der Waals surface area contributed by atoms with Crippen LogP contribution in [0.5, 0.6) is 0 Å². The van der Waals surface area contributed by atoms with Gasteiger partial charge in [-0.15, -0.1) is 0 Å². The minimum atomic E-state index is 0.236. The first-order valence-electron chi connectivity index (χ1n) is 3.40. The predicted molar refractivity (Wildman–Crippen MR) is 36.3 cm³/mol. The summed E-state index contributed by atoms with van der Waals surface area (Å²) in [6.07, 6.45) is 0. The van der Waals surface area contributed by atoms with Gasteiger partial charge >= 0.3 is 0 Å². The lowest BCUT2D eigenvalue weighted by molar-refractivity contribution is 0.216. The van der Waals surface area contributed by atoms with E-state index in [1.165, 1.54) is 0 Å². The van der Waals surface area contributed by atoms with Crippen LogP contribution in [0.2, 0.25) is 0 Å². The van der Waals surface area contributed by atoms with Crippen LogP contribution in [0.15, 0.2) is 0 Å². The van der Waals surface area contributed by atoms with Crippen LogP contribution in [0.1, 0.15) is 6.92 Å². The maximum atomic E-state index is 8.67. The molecule has 0 aromatic heterocycles. The molecule has 3 nitrogen and oxygen atoms in total. The summed E-state index contributed by atoms with van der Waals surface area (Å²) >= 11 is 0. The first-order chi connectivity index (χ1) is 4.33. The molecule has 9 heavy (non-hydrogen) atoms. The van der Waals surface area contributed by atoms with E-state index < -0.39 is 0 Å². The first-order valence-corrected chi connectivity index (χ1v) is 3.40. The summed E-state index contributed by atoms with van der Waals surface area (Å²) < 4.78 is 0. The monoisotopic (exact) mass is 130 g/mol. The molecule has 0 bridgehead atoms. The van der Waals surface area contributed by atoms with E-state index in [0.29, 0.717) is 6.04 Å². The molecule has 1 unspecified atom stereocenters. The molecule has 0 aliphatic carbocycles. The van der Waals surface area contributed by atoms with Gasteiger partial charge in [-0.25, -0.2) is 0 Å². The molecule has 0 saturated carbocycles. The van der Waals surface area contributed by atoms with Gasteiger partial charge in [0.2, 0.25) is 0 Å². The lowest BCUT2D eigenvalue weighted by Crippen LogP contribution is -2.54. The SMILES string of the molecule is C[C@H]1CNC(CO)CN1. The van der Waals surface area contributed by atoms with Crippen LogP contribution in [0.25, 0.3) is 0 Å². The van der Waals surface area contributed by atoms with Crippen molar-refractivity contribution in [1.82, 2.24) is 10.6 Å². The van der Waals surface area contributed by atoms with Crippen molar-refractivity contribution in [1.29, 1.82) is 0 Å². The fourth-order valence-electron chi connectivity index (χ4n) is 0.960. The Labute approximate surface area is 55.5 Å². The number of aliphatic hydroxyl groups is 1. The van der Waals surface area contributed by atoms with Gasteiger partial charge in [0.15, 0.2) is 0 Å². The molecule has 0 spiro atoms. The predicted octanol–water partition coefficient (Wildman–Crippen LogP) is -1.07. The highest BCUT2D eigenvalue weighted by Gasteiger charge is 2.14.